The van der Waals surface area contributed by atoms with E-state index in [9.17, 15) is 0 Å². The van der Waals surface area contributed by atoms with Crippen molar-refractivity contribution in [2.24, 2.45) is 5.41 Å². The Morgan fingerprint density at radius 1 is 0.672 bits per heavy atom. The molecule has 321 valence electrons. The van der Waals surface area contributed by atoms with Crippen LogP contribution in [-0.4, -0.2) is 18.0 Å². The van der Waals surface area contributed by atoms with Gasteiger partial charge in [-0.15, -0.1) is 54.1 Å². The SMILES string of the molecule is CC(C)(C)Cc1cc(-c2[c-]cccc2)ncc1[Si](C)(C)C.CC(C)(C)c1cc(-c2ccc3c(c2)oc2c(-c4cc(C5CCCCC5)ccn4)[c-]ccc23)cc(C(C)(C)C)c1.[Ir]. The fraction of sp³-hybridized carbons (Fsp3) is 0.393. The molecule has 0 spiro atoms. The second kappa shape index (κ2) is 18.3. The van der Waals surface area contributed by atoms with Crippen LogP contribution < -0.4 is 5.19 Å². The third-order valence-electron chi connectivity index (χ3n) is 12.1. The van der Waals surface area contributed by atoms with Gasteiger partial charge in [0.2, 0.25) is 0 Å². The summed E-state index contributed by atoms with van der Waals surface area (Å²) in [5.41, 5.74) is 14.2. The Balaban J connectivity index is 0.000000240. The van der Waals surface area contributed by atoms with Crippen LogP contribution in [0.1, 0.15) is 123 Å². The van der Waals surface area contributed by atoms with Crippen molar-refractivity contribution in [3.63, 3.8) is 0 Å². The molecule has 1 fully saturated rings. The van der Waals surface area contributed by atoms with E-state index in [1.807, 2.05) is 30.5 Å². The molecule has 1 aliphatic rings. The van der Waals surface area contributed by atoms with Gasteiger partial charge in [-0.2, -0.15) is 0 Å². The molecule has 61 heavy (non-hydrogen) atoms. The minimum absolute atomic E-state index is 0. The van der Waals surface area contributed by atoms with E-state index in [-0.39, 0.29) is 36.4 Å². The molecule has 0 atom stereocenters. The van der Waals surface area contributed by atoms with Gasteiger partial charge in [-0.05, 0) is 92.4 Å². The molecule has 1 aliphatic carbocycles. The van der Waals surface area contributed by atoms with E-state index in [0.717, 1.165) is 50.9 Å². The zero-order valence-electron chi connectivity index (χ0n) is 38.8. The van der Waals surface area contributed by atoms with Crippen LogP contribution in [0.4, 0.5) is 0 Å². The van der Waals surface area contributed by atoms with E-state index in [1.165, 1.54) is 70.7 Å². The summed E-state index contributed by atoms with van der Waals surface area (Å²) in [6.45, 7) is 27.8. The molecule has 7 aromatic rings. The molecule has 0 amide bonds. The molecule has 4 aromatic carbocycles. The summed E-state index contributed by atoms with van der Waals surface area (Å²) < 4.78 is 6.61. The van der Waals surface area contributed by atoms with Crippen LogP contribution in [-0.2, 0) is 37.4 Å². The summed E-state index contributed by atoms with van der Waals surface area (Å²) in [4.78, 5) is 9.47. The van der Waals surface area contributed by atoms with Crippen LogP contribution in [0.2, 0.25) is 19.6 Å². The van der Waals surface area contributed by atoms with E-state index >= 15 is 0 Å². The van der Waals surface area contributed by atoms with Gasteiger partial charge in [0.1, 0.15) is 5.58 Å². The molecular weight excluding hydrogens is 937 g/mol. The van der Waals surface area contributed by atoms with E-state index in [0.29, 0.717) is 5.92 Å². The molecule has 0 N–H and O–H groups in total. The number of hydrogen-bond donors (Lipinski definition) is 0. The van der Waals surface area contributed by atoms with Gasteiger partial charge in [-0.25, -0.2) is 0 Å². The van der Waals surface area contributed by atoms with Crippen molar-refractivity contribution >= 4 is 35.2 Å². The molecular formula is C56H66IrN2OSi-2. The first kappa shape index (κ1) is 46.4. The quantitative estimate of drug-likeness (QED) is 0.123. The second-order valence-electron chi connectivity index (χ2n) is 21.5. The first-order valence-electron chi connectivity index (χ1n) is 22.2. The number of rotatable bonds is 6. The van der Waals surface area contributed by atoms with Crippen molar-refractivity contribution in [1.82, 2.24) is 9.97 Å². The number of aromatic nitrogens is 2. The van der Waals surface area contributed by atoms with Crippen molar-refractivity contribution in [2.75, 3.05) is 0 Å². The molecule has 1 saturated carbocycles. The van der Waals surface area contributed by atoms with Crippen LogP contribution >= 0.6 is 0 Å². The van der Waals surface area contributed by atoms with Crippen LogP contribution in [0.15, 0.2) is 108 Å². The Labute approximate surface area is 381 Å². The molecule has 3 aromatic heterocycles. The van der Waals surface area contributed by atoms with Crippen molar-refractivity contribution < 1.29 is 24.5 Å². The van der Waals surface area contributed by atoms with E-state index in [4.69, 9.17) is 14.4 Å². The second-order valence-corrected chi connectivity index (χ2v) is 26.5. The van der Waals surface area contributed by atoms with Gasteiger partial charge in [0.15, 0.2) is 0 Å². The van der Waals surface area contributed by atoms with Crippen LogP contribution in [0, 0.1) is 17.5 Å². The fourth-order valence-electron chi connectivity index (χ4n) is 8.64. The molecule has 8 rings (SSSR count). The number of benzene rings is 4. The molecule has 0 aliphatic heterocycles. The summed E-state index contributed by atoms with van der Waals surface area (Å²) in [5, 5.41) is 3.74. The number of hydrogen-bond acceptors (Lipinski definition) is 3. The Hall–Kier alpha value is -4.15. The minimum Gasteiger partial charge on any atom is -0.501 e. The van der Waals surface area contributed by atoms with Crippen molar-refractivity contribution in [2.45, 2.75) is 137 Å². The van der Waals surface area contributed by atoms with Gasteiger partial charge in [0.25, 0.3) is 0 Å². The summed E-state index contributed by atoms with van der Waals surface area (Å²) >= 11 is 0. The van der Waals surface area contributed by atoms with Gasteiger partial charge >= 0.3 is 0 Å². The summed E-state index contributed by atoms with van der Waals surface area (Å²) in [5.74, 6) is 0.639. The smallest absolute Gasteiger partial charge is 0.121 e. The van der Waals surface area contributed by atoms with Crippen LogP contribution in [0.3, 0.4) is 0 Å². The normalized spacial score (nSPS) is 14.1. The van der Waals surface area contributed by atoms with E-state index in [1.54, 1.807) is 0 Å². The predicted octanol–water partition coefficient (Wildman–Crippen LogP) is 15.4. The largest absolute Gasteiger partial charge is 0.501 e. The average molecular weight is 1000 g/mol. The van der Waals surface area contributed by atoms with Gasteiger partial charge in [0, 0.05) is 37.9 Å². The Bertz CT molecular complexity index is 2560. The van der Waals surface area contributed by atoms with Gasteiger partial charge in [0.05, 0.1) is 13.7 Å². The first-order chi connectivity index (χ1) is 28.2. The average Bonchev–Trinajstić information content (AvgIpc) is 3.58. The minimum atomic E-state index is -1.37. The molecule has 0 unspecified atom stereocenters. The maximum Gasteiger partial charge on any atom is 0.121 e. The zero-order valence-corrected chi connectivity index (χ0v) is 42.2. The summed E-state index contributed by atoms with van der Waals surface area (Å²) in [6.07, 6.45) is 11.7. The molecule has 0 saturated heterocycles. The Morgan fingerprint density at radius 3 is 2.00 bits per heavy atom. The molecule has 3 nitrogen and oxygen atoms in total. The van der Waals surface area contributed by atoms with Crippen molar-refractivity contribution in [3.05, 3.63) is 138 Å². The van der Waals surface area contributed by atoms with Crippen molar-refractivity contribution in [1.29, 1.82) is 0 Å². The topological polar surface area (TPSA) is 38.9 Å². The van der Waals surface area contributed by atoms with E-state index in [2.05, 4.69) is 167 Å². The molecule has 3 heterocycles. The number of pyridine rings is 2. The molecule has 5 heteroatoms. The zero-order chi connectivity index (χ0) is 43.0. The van der Waals surface area contributed by atoms with Crippen LogP contribution in [0.25, 0.3) is 55.6 Å². The molecule has 1 radical (unpaired) electrons. The monoisotopic (exact) mass is 1000 g/mol. The first-order valence-corrected chi connectivity index (χ1v) is 25.7. The van der Waals surface area contributed by atoms with E-state index < -0.39 is 8.07 Å². The summed E-state index contributed by atoms with van der Waals surface area (Å²) in [6, 6.07) is 39.4. The molecule has 0 bridgehead atoms. The Morgan fingerprint density at radius 2 is 1.38 bits per heavy atom. The number of fused-ring (bicyclic) bond motifs is 3. The van der Waals surface area contributed by atoms with Gasteiger partial charge < -0.3 is 14.4 Å². The Kier molecular flexibility index (Phi) is 13.9. The standard InChI is InChI=1S/C37H40NO.C19H26NSi.Ir/c1-36(2,3)28-19-27(20-29(23-28)37(4,5)6)25-15-16-30-31-13-10-14-32(35(31)39-34(30)22-25)33-21-26(17-18-38-33)24-11-8-7-9-12-24;1-19(2,3)13-16-12-17(15-10-8-7-9-11-15)20-14-18(16)21(4,5)6;/h10,13,15-24H,7-9,11-12H2,1-6H3;7-10,12,14H,13H2,1-6H3;/q2*-1;. The maximum atomic E-state index is 6.61. The third-order valence-corrected chi connectivity index (χ3v) is 14.1. The van der Waals surface area contributed by atoms with Gasteiger partial charge in [-0.1, -0.05) is 166 Å². The number of furan rings is 1. The van der Waals surface area contributed by atoms with Crippen LogP contribution in [0.5, 0.6) is 0 Å². The third kappa shape index (κ3) is 11.1. The predicted molar refractivity (Wildman–Crippen MR) is 259 cm³/mol. The van der Waals surface area contributed by atoms with Crippen molar-refractivity contribution in [3.8, 4) is 33.6 Å². The fourth-order valence-corrected chi connectivity index (χ4v) is 10.2. The van der Waals surface area contributed by atoms with Gasteiger partial charge in [-0.3, -0.25) is 0 Å². The number of nitrogens with zero attached hydrogens (tertiary/aromatic N) is 2. The maximum absolute atomic E-state index is 6.61. The summed E-state index contributed by atoms with van der Waals surface area (Å²) in [7, 11) is -1.37.